The van der Waals surface area contributed by atoms with Gasteiger partial charge in [0.25, 0.3) is 0 Å². The fourth-order valence-electron chi connectivity index (χ4n) is 2.48. The maximum absolute atomic E-state index is 14.0. The van der Waals surface area contributed by atoms with Crippen molar-refractivity contribution in [2.45, 2.75) is 25.7 Å². The summed E-state index contributed by atoms with van der Waals surface area (Å²) in [7, 11) is 0. The summed E-state index contributed by atoms with van der Waals surface area (Å²) in [5.74, 6) is -0.527. The summed E-state index contributed by atoms with van der Waals surface area (Å²) in [4.78, 5) is 0. The van der Waals surface area contributed by atoms with Gasteiger partial charge in [-0.1, -0.05) is 43.3 Å². The van der Waals surface area contributed by atoms with Gasteiger partial charge in [0.1, 0.15) is 11.6 Å². The average Bonchev–Trinajstić information content (AvgIpc) is 2.49. The van der Waals surface area contributed by atoms with Crippen LogP contribution in [0.3, 0.4) is 0 Å². The second-order valence-electron chi connectivity index (χ2n) is 5.22. The van der Waals surface area contributed by atoms with Crippen LogP contribution in [0.25, 0.3) is 0 Å². The molecule has 21 heavy (non-hydrogen) atoms. The Hall–Kier alpha value is -1.74. The quantitative estimate of drug-likeness (QED) is 0.750. The van der Waals surface area contributed by atoms with Gasteiger partial charge in [-0.25, -0.2) is 8.78 Å². The third kappa shape index (κ3) is 4.36. The summed E-state index contributed by atoms with van der Waals surface area (Å²) >= 11 is 0. The van der Waals surface area contributed by atoms with Crippen LogP contribution in [0, 0.1) is 11.6 Å². The molecule has 0 amide bonds. The van der Waals surface area contributed by atoms with Crippen LogP contribution in [0.1, 0.15) is 30.4 Å². The minimum Gasteiger partial charge on any atom is -0.316 e. The number of hydrogen-bond donors (Lipinski definition) is 1. The maximum atomic E-state index is 14.0. The van der Waals surface area contributed by atoms with Crippen molar-refractivity contribution in [3.63, 3.8) is 0 Å². The summed E-state index contributed by atoms with van der Waals surface area (Å²) in [6.45, 7) is 3.60. The second kappa shape index (κ2) is 7.89. The van der Waals surface area contributed by atoms with Gasteiger partial charge >= 0.3 is 0 Å². The van der Waals surface area contributed by atoms with E-state index in [0.29, 0.717) is 24.1 Å². The van der Waals surface area contributed by atoms with Gasteiger partial charge in [-0.3, -0.25) is 0 Å². The summed E-state index contributed by atoms with van der Waals surface area (Å²) in [5.41, 5.74) is 1.27. The summed E-state index contributed by atoms with van der Waals surface area (Å²) < 4.78 is 27.9. The largest absolute Gasteiger partial charge is 0.316 e. The molecule has 1 atom stereocenters. The molecular weight excluding hydrogens is 268 g/mol. The number of nitrogens with one attached hydrogen (secondary N) is 1. The van der Waals surface area contributed by atoms with E-state index in [9.17, 15) is 8.78 Å². The van der Waals surface area contributed by atoms with E-state index in [1.54, 1.807) is 24.3 Å². The lowest BCUT2D eigenvalue weighted by molar-refractivity contribution is 0.524. The van der Waals surface area contributed by atoms with E-state index in [1.807, 2.05) is 12.1 Å². The Balaban J connectivity index is 2.20. The lowest BCUT2D eigenvalue weighted by atomic mass is 9.91. The minimum atomic E-state index is -0.227. The van der Waals surface area contributed by atoms with Crippen LogP contribution in [0.4, 0.5) is 8.78 Å². The van der Waals surface area contributed by atoms with Gasteiger partial charge in [0.2, 0.25) is 0 Å². The van der Waals surface area contributed by atoms with Crippen molar-refractivity contribution in [3.8, 4) is 0 Å². The molecule has 3 heteroatoms. The maximum Gasteiger partial charge on any atom is 0.126 e. The Morgan fingerprint density at radius 2 is 1.62 bits per heavy atom. The van der Waals surface area contributed by atoms with E-state index in [-0.39, 0.29) is 17.6 Å². The van der Waals surface area contributed by atoms with Crippen molar-refractivity contribution < 1.29 is 8.78 Å². The molecular formula is C18H21F2N. The van der Waals surface area contributed by atoms with E-state index in [4.69, 9.17) is 0 Å². The van der Waals surface area contributed by atoms with Crippen LogP contribution in [0.5, 0.6) is 0 Å². The normalized spacial score (nSPS) is 12.3. The Bertz CT molecular complexity index is 569. The highest BCUT2D eigenvalue weighted by atomic mass is 19.1. The first-order chi connectivity index (χ1) is 10.2. The number of rotatable bonds is 7. The zero-order valence-electron chi connectivity index (χ0n) is 12.3. The van der Waals surface area contributed by atoms with Crippen LogP contribution in [0.2, 0.25) is 0 Å². The van der Waals surface area contributed by atoms with E-state index < -0.39 is 0 Å². The van der Waals surface area contributed by atoms with Crippen molar-refractivity contribution in [1.82, 2.24) is 5.32 Å². The molecule has 2 rings (SSSR count). The molecule has 1 nitrogen and oxygen atoms in total. The first-order valence-electron chi connectivity index (χ1n) is 7.41. The molecule has 0 bridgehead atoms. The highest BCUT2D eigenvalue weighted by molar-refractivity contribution is 5.26. The molecule has 0 heterocycles. The van der Waals surface area contributed by atoms with Gasteiger partial charge in [-0.05, 0) is 42.6 Å². The Labute approximate surface area is 125 Å². The topological polar surface area (TPSA) is 12.0 Å². The predicted octanol–water partition coefficient (Wildman–Crippen LogP) is 4.29. The van der Waals surface area contributed by atoms with Crippen LogP contribution in [0.15, 0.2) is 48.5 Å². The predicted molar refractivity (Wildman–Crippen MR) is 82.4 cm³/mol. The summed E-state index contributed by atoms with van der Waals surface area (Å²) in [5, 5.41) is 3.31. The zero-order valence-corrected chi connectivity index (χ0v) is 12.3. The molecule has 0 aliphatic rings. The number of halogens is 2. The molecule has 2 aromatic carbocycles. The van der Waals surface area contributed by atoms with E-state index in [0.717, 1.165) is 13.0 Å². The molecule has 0 aliphatic heterocycles. The van der Waals surface area contributed by atoms with E-state index in [2.05, 4.69) is 12.2 Å². The molecule has 0 aliphatic carbocycles. The van der Waals surface area contributed by atoms with Crippen molar-refractivity contribution in [2.24, 2.45) is 0 Å². The Morgan fingerprint density at radius 1 is 0.952 bits per heavy atom. The molecule has 112 valence electrons. The van der Waals surface area contributed by atoms with Gasteiger partial charge in [-0.15, -0.1) is 0 Å². The molecule has 2 aromatic rings. The summed E-state index contributed by atoms with van der Waals surface area (Å²) in [6, 6.07) is 13.5. The summed E-state index contributed by atoms with van der Waals surface area (Å²) in [6.07, 6.45) is 1.51. The molecule has 1 unspecified atom stereocenters. The van der Waals surface area contributed by atoms with Gasteiger partial charge in [0, 0.05) is 12.5 Å². The molecule has 0 radical (unpaired) electrons. The third-order valence-corrected chi connectivity index (χ3v) is 3.59. The highest BCUT2D eigenvalue weighted by Gasteiger charge is 2.17. The molecule has 0 saturated heterocycles. The molecule has 0 fully saturated rings. The lowest BCUT2D eigenvalue weighted by Gasteiger charge is -2.19. The average molecular weight is 289 g/mol. The molecule has 1 N–H and O–H groups in total. The minimum absolute atomic E-state index is 0.0744. The standard InChI is InChI=1S/C18H21F2N/c1-2-11-21-13-15(16-8-4-6-10-18(16)20)12-14-7-3-5-9-17(14)19/h3-10,15,21H,2,11-13H2,1H3. The SMILES string of the molecule is CCCNCC(Cc1ccccc1F)c1ccccc1F. The molecule has 0 spiro atoms. The molecule has 0 saturated carbocycles. The van der Waals surface area contributed by atoms with Crippen LogP contribution < -0.4 is 5.32 Å². The lowest BCUT2D eigenvalue weighted by Crippen LogP contribution is -2.24. The van der Waals surface area contributed by atoms with Crippen molar-refractivity contribution in [2.75, 3.05) is 13.1 Å². The number of hydrogen-bond acceptors (Lipinski definition) is 1. The fourth-order valence-corrected chi connectivity index (χ4v) is 2.48. The van der Waals surface area contributed by atoms with Crippen LogP contribution in [-0.2, 0) is 6.42 Å². The van der Waals surface area contributed by atoms with Crippen molar-refractivity contribution in [3.05, 3.63) is 71.3 Å². The molecule has 0 aromatic heterocycles. The van der Waals surface area contributed by atoms with Crippen LogP contribution >= 0.6 is 0 Å². The first kappa shape index (κ1) is 15.6. The zero-order chi connectivity index (χ0) is 15.1. The Morgan fingerprint density at radius 3 is 2.29 bits per heavy atom. The first-order valence-corrected chi connectivity index (χ1v) is 7.41. The monoisotopic (exact) mass is 289 g/mol. The smallest absolute Gasteiger partial charge is 0.126 e. The number of benzene rings is 2. The van der Waals surface area contributed by atoms with Gasteiger partial charge in [0.15, 0.2) is 0 Å². The highest BCUT2D eigenvalue weighted by Crippen LogP contribution is 2.24. The van der Waals surface area contributed by atoms with E-state index in [1.165, 1.54) is 12.1 Å². The van der Waals surface area contributed by atoms with Crippen molar-refractivity contribution >= 4 is 0 Å². The van der Waals surface area contributed by atoms with Gasteiger partial charge in [0.05, 0.1) is 0 Å². The fraction of sp³-hybridized carbons (Fsp3) is 0.333. The Kier molecular flexibility index (Phi) is 5.88. The van der Waals surface area contributed by atoms with Gasteiger partial charge in [-0.2, -0.15) is 0 Å². The van der Waals surface area contributed by atoms with Gasteiger partial charge < -0.3 is 5.32 Å². The second-order valence-corrected chi connectivity index (χ2v) is 5.22. The van der Waals surface area contributed by atoms with E-state index >= 15 is 0 Å². The van der Waals surface area contributed by atoms with Crippen LogP contribution in [-0.4, -0.2) is 13.1 Å². The third-order valence-electron chi connectivity index (χ3n) is 3.59. The van der Waals surface area contributed by atoms with Crippen molar-refractivity contribution in [1.29, 1.82) is 0 Å².